The third-order valence-electron chi connectivity index (χ3n) is 3.76. The second-order valence-electron chi connectivity index (χ2n) is 5.26. The smallest absolute Gasteiger partial charge is 0.246 e. The predicted molar refractivity (Wildman–Crippen MR) is 88.6 cm³/mol. The molecule has 0 spiro atoms. The number of nitrogens with zero attached hydrogens (tertiary/aromatic N) is 3. The van der Waals surface area contributed by atoms with E-state index in [1.54, 1.807) is 11.3 Å². The van der Waals surface area contributed by atoms with E-state index < -0.39 is 0 Å². The maximum atomic E-state index is 6.29. The van der Waals surface area contributed by atoms with Gasteiger partial charge in [0.15, 0.2) is 0 Å². The van der Waals surface area contributed by atoms with E-state index in [1.165, 1.54) is 0 Å². The third-order valence-corrected chi connectivity index (χ3v) is 4.85. The van der Waals surface area contributed by atoms with Crippen LogP contribution in [0.5, 0.6) is 0 Å². The zero-order chi connectivity index (χ0) is 15.1. The highest BCUT2D eigenvalue weighted by Gasteiger charge is 2.24. The van der Waals surface area contributed by atoms with E-state index in [4.69, 9.17) is 16.0 Å². The monoisotopic (exact) mass is 331 g/mol. The van der Waals surface area contributed by atoms with E-state index in [-0.39, 0.29) is 0 Å². The van der Waals surface area contributed by atoms with Crippen LogP contribution in [0.3, 0.4) is 0 Å². The second-order valence-corrected chi connectivity index (χ2v) is 6.73. The fourth-order valence-electron chi connectivity index (χ4n) is 2.68. The maximum absolute atomic E-state index is 6.29. The van der Waals surface area contributed by atoms with Crippen LogP contribution < -0.4 is 4.90 Å². The Bertz CT molecular complexity index is 826. The lowest BCUT2D eigenvalue weighted by molar-refractivity contribution is 0.498. The number of hydrogen-bond donors (Lipinski definition) is 0. The lowest BCUT2D eigenvalue weighted by atomic mass is 10.1. The number of fused-ring (bicyclic) bond motifs is 1. The predicted octanol–water partition coefficient (Wildman–Crippen LogP) is 4.32. The van der Waals surface area contributed by atoms with Crippen LogP contribution in [0.2, 0.25) is 5.02 Å². The van der Waals surface area contributed by atoms with Gasteiger partial charge in [-0.25, -0.2) is 9.97 Å². The summed E-state index contributed by atoms with van der Waals surface area (Å²) in [5.74, 6) is 1.58. The molecule has 0 unspecified atom stereocenters. The standard InChI is InChI=1S/C16H14ClN3OS/c1-10-18-13(9-22-10)16-19-12-8-20(7-6-15(12)21-16)14-5-3-2-4-11(14)17/h2-5,9H,6-8H2,1H3. The number of halogens is 1. The van der Waals surface area contributed by atoms with Crippen molar-refractivity contribution in [1.82, 2.24) is 9.97 Å². The number of aromatic nitrogens is 2. The molecule has 0 bridgehead atoms. The van der Waals surface area contributed by atoms with Gasteiger partial charge in [-0.2, -0.15) is 0 Å². The van der Waals surface area contributed by atoms with Crippen LogP contribution in [0.25, 0.3) is 11.6 Å². The second kappa shape index (κ2) is 5.41. The van der Waals surface area contributed by atoms with Crippen LogP contribution in [0.15, 0.2) is 34.1 Å². The van der Waals surface area contributed by atoms with Crippen molar-refractivity contribution < 1.29 is 4.42 Å². The molecule has 0 amide bonds. The maximum Gasteiger partial charge on any atom is 0.246 e. The van der Waals surface area contributed by atoms with Crippen LogP contribution in [-0.2, 0) is 13.0 Å². The van der Waals surface area contributed by atoms with Crippen molar-refractivity contribution in [3.63, 3.8) is 0 Å². The minimum Gasteiger partial charge on any atom is -0.439 e. The van der Waals surface area contributed by atoms with Gasteiger partial charge in [-0.3, -0.25) is 0 Å². The van der Waals surface area contributed by atoms with Gasteiger partial charge in [0, 0.05) is 18.3 Å². The molecule has 0 saturated heterocycles. The van der Waals surface area contributed by atoms with Crippen molar-refractivity contribution in [1.29, 1.82) is 0 Å². The molecule has 1 aliphatic rings. The number of aryl methyl sites for hydroxylation is 1. The molecule has 0 aliphatic carbocycles. The number of oxazole rings is 1. The molecular formula is C16H14ClN3OS. The quantitative estimate of drug-likeness (QED) is 0.701. The van der Waals surface area contributed by atoms with Crippen molar-refractivity contribution >= 4 is 28.6 Å². The summed E-state index contributed by atoms with van der Waals surface area (Å²) in [5.41, 5.74) is 2.84. The first-order chi connectivity index (χ1) is 10.7. The van der Waals surface area contributed by atoms with E-state index in [0.717, 1.165) is 45.8 Å². The Morgan fingerprint density at radius 1 is 1.27 bits per heavy atom. The minimum absolute atomic E-state index is 0.621. The minimum atomic E-state index is 0.621. The fraction of sp³-hybridized carbons (Fsp3) is 0.250. The van der Waals surface area contributed by atoms with E-state index in [9.17, 15) is 0 Å². The zero-order valence-electron chi connectivity index (χ0n) is 12.0. The average Bonchev–Trinajstić information content (AvgIpc) is 3.12. The summed E-state index contributed by atoms with van der Waals surface area (Å²) in [7, 11) is 0. The lowest BCUT2D eigenvalue weighted by Crippen LogP contribution is -2.30. The van der Waals surface area contributed by atoms with Gasteiger partial charge < -0.3 is 9.32 Å². The summed E-state index contributed by atoms with van der Waals surface area (Å²) in [5, 5.41) is 3.77. The van der Waals surface area contributed by atoms with Crippen molar-refractivity contribution in [3.8, 4) is 11.6 Å². The first kappa shape index (κ1) is 13.8. The molecule has 1 aliphatic heterocycles. The molecule has 0 fully saturated rings. The number of benzene rings is 1. The van der Waals surface area contributed by atoms with Crippen molar-refractivity contribution in [2.75, 3.05) is 11.4 Å². The SMILES string of the molecule is Cc1nc(-c2nc3c(o2)CCN(c2ccccc2Cl)C3)cs1. The summed E-state index contributed by atoms with van der Waals surface area (Å²) < 4.78 is 5.89. The number of rotatable bonds is 2. The Labute approximate surface area is 137 Å². The van der Waals surface area contributed by atoms with Crippen LogP contribution in [0.1, 0.15) is 16.5 Å². The van der Waals surface area contributed by atoms with Gasteiger partial charge in [-0.15, -0.1) is 11.3 Å². The molecule has 0 atom stereocenters. The zero-order valence-corrected chi connectivity index (χ0v) is 13.6. The Morgan fingerprint density at radius 3 is 2.91 bits per heavy atom. The number of hydrogen-bond acceptors (Lipinski definition) is 5. The van der Waals surface area contributed by atoms with Gasteiger partial charge in [0.2, 0.25) is 5.89 Å². The first-order valence-electron chi connectivity index (χ1n) is 7.11. The van der Waals surface area contributed by atoms with Gasteiger partial charge >= 0.3 is 0 Å². The Morgan fingerprint density at radius 2 is 2.14 bits per heavy atom. The van der Waals surface area contributed by atoms with E-state index in [0.29, 0.717) is 12.4 Å². The van der Waals surface area contributed by atoms with Crippen LogP contribution >= 0.6 is 22.9 Å². The molecule has 1 aromatic carbocycles. The topological polar surface area (TPSA) is 42.2 Å². The molecule has 0 N–H and O–H groups in total. The van der Waals surface area contributed by atoms with Gasteiger partial charge in [0.25, 0.3) is 0 Å². The lowest BCUT2D eigenvalue weighted by Gasteiger charge is -2.28. The van der Waals surface area contributed by atoms with Crippen molar-refractivity contribution in [2.24, 2.45) is 0 Å². The molecule has 2 aromatic heterocycles. The van der Waals surface area contributed by atoms with Gasteiger partial charge in [-0.1, -0.05) is 23.7 Å². The number of anilines is 1. The van der Waals surface area contributed by atoms with Crippen molar-refractivity contribution in [3.05, 3.63) is 51.1 Å². The normalized spacial score (nSPS) is 14.2. The summed E-state index contributed by atoms with van der Waals surface area (Å²) >= 11 is 7.90. The third kappa shape index (κ3) is 2.40. The number of para-hydroxylation sites is 1. The molecule has 0 saturated carbocycles. The molecule has 4 nitrogen and oxygen atoms in total. The highest BCUT2D eigenvalue weighted by molar-refractivity contribution is 7.09. The molecule has 0 radical (unpaired) electrons. The van der Waals surface area contributed by atoms with Crippen molar-refractivity contribution in [2.45, 2.75) is 19.9 Å². The van der Waals surface area contributed by atoms with Crippen LogP contribution in [-0.4, -0.2) is 16.5 Å². The molecule has 4 rings (SSSR count). The van der Waals surface area contributed by atoms with E-state index >= 15 is 0 Å². The summed E-state index contributed by atoms with van der Waals surface area (Å²) in [4.78, 5) is 11.3. The highest BCUT2D eigenvalue weighted by atomic mass is 35.5. The van der Waals surface area contributed by atoms with Crippen LogP contribution in [0, 0.1) is 6.92 Å². The Balaban J connectivity index is 1.64. The van der Waals surface area contributed by atoms with Gasteiger partial charge in [0.1, 0.15) is 17.1 Å². The highest BCUT2D eigenvalue weighted by Crippen LogP contribution is 2.32. The summed E-state index contributed by atoms with van der Waals surface area (Å²) in [6, 6.07) is 7.90. The molecule has 3 aromatic rings. The molecule has 3 heterocycles. The molecule has 6 heteroatoms. The summed E-state index contributed by atoms with van der Waals surface area (Å²) in [6.45, 7) is 3.57. The first-order valence-corrected chi connectivity index (χ1v) is 8.37. The van der Waals surface area contributed by atoms with Gasteiger partial charge in [-0.05, 0) is 19.1 Å². The largest absolute Gasteiger partial charge is 0.439 e. The number of thiazole rings is 1. The molecule has 22 heavy (non-hydrogen) atoms. The summed E-state index contributed by atoms with van der Waals surface area (Å²) in [6.07, 6.45) is 0.830. The van der Waals surface area contributed by atoms with E-state index in [1.807, 2.05) is 36.6 Å². The van der Waals surface area contributed by atoms with Gasteiger partial charge in [0.05, 0.1) is 22.3 Å². The fourth-order valence-corrected chi connectivity index (χ4v) is 3.53. The van der Waals surface area contributed by atoms with E-state index in [2.05, 4.69) is 14.9 Å². The average molecular weight is 332 g/mol. The Kier molecular flexibility index (Phi) is 3.39. The molecular weight excluding hydrogens is 318 g/mol. The molecule has 112 valence electrons. The Hall–Kier alpha value is -1.85. The van der Waals surface area contributed by atoms with Crippen LogP contribution in [0.4, 0.5) is 5.69 Å².